The van der Waals surface area contributed by atoms with Gasteiger partial charge in [0.15, 0.2) is 0 Å². The van der Waals surface area contributed by atoms with Crippen LogP contribution in [0.15, 0.2) is 22.7 Å². The monoisotopic (exact) mass is 506 g/mol. The fourth-order valence-electron chi connectivity index (χ4n) is 3.99. The van der Waals surface area contributed by atoms with Gasteiger partial charge in [0.2, 0.25) is 5.89 Å². The molecule has 6 nitrogen and oxygen atoms in total. The van der Waals surface area contributed by atoms with Gasteiger partial charge in [0.05, 0.1) is 11.1 Å². The summed E-state index contributed by atoms with van der Waals surface area (Å²) < 4.78 is 83.6. The summed E-state index contributed by atoms with van der Waals surface area (Å²) in [6.45, 7) is 6.05. The lowest BCUT2D eigenvalue weighted by molar-refractivity contribution is -0.143. The van der Waals surface area contributed by atoms with Crippen LogP contribution < -0.4 is 10.2 Å². The molecule has 1 aliphatic rings. The Labute approximate surface area is 199 Å². The second-order valence-electron chi connectivity index (χ2n) is 9.94. The van der Waals surface area contributed by atoms with Crippen LogP contribution in [-0.4, -0.2) is 35.7 Å². The number of aromatic nitrogens is 2. The molecule has 194 valence electrons. The average molecular weight is 506 g/mol. The van der Waals surface area contributed by atoms with Gasteiger partial charge in [0, 0.05) is 30.6 Å². The van der Waals surface area contributed by atoms with Crippen molar-refractivity contribution < 1.29 is 35.7 Å². The van der Waals surface area contributed by atoms with Gasteiger partial charge in [-0.2, -0.15) is 31.3 Å². The third kappa shape index (κ3) is 6.66. The molecule has 3 rings (SSSR count). The summed E-state index contributed by atoms with van der Waals surface area (Å²) in [5.74, 6) is 0.0879. The van der Waals surface area contributed by atoms with E-state index in [1.54, 1.807) is 0 Å². The Hall–Kier alpha value is -2.79. The fraction of sp³-hybridized carbons (Fsp3) is 0.609. The summed E-state index contributed by atoms with van der Waals surface area (Å²) in [4.78, 5) is 18.8. The van der Waals surface area contributed by atoms with Crippen LogP contribution in [0.3, 0.4) is 0 Å². The zero-order valence-electron chi connectivity index (χ0n) is 19.8. The van der Waals surface area contributed by atoms with Gasteiger partial charge in [-0.05, 0) is 55.0 Å². The third-order valence-corrected chi connectivity index (χ3v) is 6.14. The molecule has 1 saturated carbocycles. The first-order chi connectivity index (χ1) is 16.1. The van der Waals surface area contributed by atoms with E-state index < -0.39 is 35.0 Å². The Morgan fingerprint density at radius 3 is 2.00 bits per heavy atom. The van der Waals surface area contributed by atoms with Gasteiger partial charge in [0.25, 0.3) is 11.9 Å². The predicted molar refractivity (Wildman–Crippen MR) is 116 cm³/mol. The van der Waals surface area contributed by atoms with Crippen molar-refractivity contribution in [1.82, 2.24) is 15.5 Å². The van der Waals surface area contributed by atoms with Crippen molar-refractivity contribution in [1.29, 1.82) is 0 Å². The molecule has 1 fully saturated rings. The van der Waals surface area contributed by atoms with Gasteiger partial charge >= 0.3 is 12.4 Å². The largest absolute Gasteiger partial charge is 0.416 e. The van der Waals surface area contributed by atoms with E-state index >= 15 is 0 Å². The first-order valence-electron chi connectivity index (χ1n) is 11.2. The van der Waals surface area contributed by atoms with E-state index in [9.17, 15) is 31.1 Å². The number of amides is 1. The third-order valence-electron chi connectivity index (χ3n) is 6.14. The van der Waals surface area contributed by atoms with Gasteiger partial charge < -0.3 is 14.7 Å². The quantitative estimate of drug-likeness (QED) is 0.517. The highest BCUT2D eigenvalue weighted by atomic mass is 19.4. The standard InChI is InChI=1S/C23H28F6N4O2/c1-21(2,3)19-31-20(32-35-19)33(4)17-7-5-13(6-8-17)12-30-18(34)14-9-15(22(24,25)26)11-16(10-14)23(27,28)29/h9-11,13,17H,5-8,12H2,1-4H3,(H,30,34). The van der Waals surface area contributed by atoms with Crippen molar-refractivity contribution in [3.05, 3.63) is 40.8 Å². The van der Waals surface area contributed by atoms with Crippen LogP contribution in [0.4, 0.5) is 32.3 Å². The van der Waals surface area contributed by atoms with E-state index in [1.807, 2.05) is 32.7 Å². The first-order valence-corrected chi connectivity index (χ1v) is 11.2. The lowest BCUT2D eigenvalue weighted by atomic mass is 9.85. The molecule has 1 N–H and O–H groups in total. The van der Waals surface area contributed by atoms with Crippen molar-refractivity contribution in [2.24, 2.45) is 5.92 Å². The summed E-state index contributed by atoms with van der Waals surface area (Å²) in [7, 11) is 1.87. The molecular formula is C23H28F6N4O2. The molecule has 0 unspecified atom stereocenters. The molecule has 0 atom stereocenters. The summed E-state index contributed by atoms with van der Waals surface area (Å²) in [5.41, 5.74) is -3.98. The molecule has 1 amide bonds. The zero-order valence-corrected chi connectivity index (χ0v) is 19.8. The minimum absolute atomic E-state index is 0.00271. The van der Waals surface area contributed by atoms with Crippen LogP contribution in [0.1, 0.15) is 73.8 Å². The normalized spacial score (nSPS) is 19.5. The molecule has 0 bridgehead atoms. The molecule has 0 aliphatic heterocycles. The smallest absolute Gasteiger partial charge is 0.352 e. The summed E-state index contributed by atoms with van der Waals surface area (Å²) >= 11 is 0. The summed E-state index contributed by atoms with van der Waals surface area (Å²) in [5, 5.41) is 6.54. The Balaban J connectivity index is 1.58. The molecule has 12 heteroatoms. The average Bonchev–Trinajstić information content (AvgIpc) is 3.27. The topological polar surface area (TPSA) is 71.3 Å². The summed E-state index contributed by atoms with van der Waals surface area (Å²) in [6.07, 6.45) is -7.05. The fourth-order valence-corrected chi connectivity index (χ4v) is 3.99. The molecule has 2 aromatic rings. The van der Waals surface area contributed by atoms with E-state index in [0.29, 0.717) is 24.0 Å². The van der Waals surface area contributed by atoms with Crippen molar-refractivity contribution in [3.8, 4) is 0 Å². The molecule has 1 aromatic heterocycles. The van der Waals surface area contributed by atoms with Gasteiger partial charge in [-0.15, -0.1) is 0 Å². The molecule has 1 heterocycles. The summed E-state index contributed by atoms with van der Waals surface area (Å²) in [6, 6.07) is 1.02. The number of nitrogens with zero attached hydrogens (tertiary/aromatic N) is 3. The highest BCUT2D eigenvalue weighted by Crippen LogP contribution is 2.36. The van der Waals surface area contributed by atoms with Crippen LogP contribution in [0, 0.1) is 5.92 Å². The molecule has 1 aromatic carbocycles. The number of nitrogens with one attached hydrogen (secondary N) is 1. The maximum absolute atomic E-state index is 13.0. The number of carbonyl (C=O) groups excluding carboxylic acids is 1. The Kier molecular flexibility index (Phi) is 7.42. The Bertz CT molecular complexity index is 1000. The lowest BCUT2D eigenvalue weighted by Gasteiger charge is -2.34. The molecule has 0 spiro atoms. The second-order valence-corrected chi connectivity index (χ2v) is 9.94. The first kappa shape index (κ1) is 26.8. The zero-order chi connectivity index (χ0) is 26.2. The number of benzene rings is 1. The SMILES string of the molecule is CN(c1noc(C(C)(C)C)n1)C1CCC(CNC(=O)c2cc(C(F)(F)F)cc(C(F)(F)F)c2)CC1. The van der Waals surface area contributed by atoms with Crippen molar-refractivity contribution in [2.75, 3.05) is 18.5 Å². The maximum atomic E-state index is 13.0. The van der Waals surface area contributed by atoms with E-state index in [0.717, 1.165) is 25.7 Å². The maximum Gasteiger partial charge on any atom is 0.416 e. The van der Waals surface area contributed by atoms with Gasteiger partial charge in [-0.1, -0.05) is 20.8 Å². The molecule has 1 aliphatic carbocycles. The lowest BCUT2D eigenvalue weighted by Crippen LogP contribution is -2.38. The number of halogens is 6. The number of anilines is 1. The highest BCUT2D eigenvalue weighted by molar-refractivity contribution is 5.94. The van der Waals surface area contributed by atoms with E-state index in [4.69, 9.17) is 4.52 Å². The number of hydrogen-bond acceptors (Lipinski definition) is 5. The number of hydrogen-bond donors (Lipinski definition) is 1. The van der Waals surface area contributed by atoms with E-state index in [2.05, 4.69) is 15.5 Å². The van der Waals surface area contributed by atoms with Crippen molar-refractivity contribution >= 4 is 11.9 Å². The van der Waals surface area contributed by atoms with Crippen LogP contribution in [0.2, 0.25) is 0 Å². The van der Waals surface area contributed by atoms with E-state index in [1.165, 1.54) is 0 Å². The Morgan fingerprint density at radius 1 is 1.00 bits per heavy atom. The van der Waals surface area contributed by atoms with E-state index in [-0.39, 0.29) is 30.0 Å². The minimum atomic E-state index is -5.01. The minimum Gasteiger partial charge on any atom is -0.352 e. The van der Waals surface area contributed by atoms with Crippen molar-refractivity contribution in [2.45, 2.75) is 70.3 Å². The van der Waals surface area contributed by atoms with Gasteiger partial charge in [0.1, 0.15) is 0 Å². The molecule has 0 saturated heterocycles. The van der Waals surface area contributed by atoms with Crippen molar-refractivity contribution in [3.63, 3.8) is 0 Å². The Morgan fingerprint density at radius 2 is 1.54 bits per heavy atom. The molecule has 35 heavy (non-hydrogen) atoms. The second kappa shape index (κ2) is 9.69. The van der Waals surface area contributed by atoms with Crippen LogP contribution in [0.25, 0.3) is 0 Å². The highest BCUT2D eigenvalue weighted by Gasteiger charge is 2.37. The van der Waals surface area contributed by atoms with Crippen LogP contribution >= 0.6 is 0 Å². The number of carbonyl (C=O) groups is 1. The van der Waals surface area contributed by atoms with Crippen LogP contribution in [0.5, 0.6) is 0 Å². The predicted octanol–water partition coefficient (Wildman–Crippen LogP) is 5.83. The number of alkyl halides is 6. The number of rotatable bonds is 5. The van der Waals surface area contributed by atoms with Gasteiger partial charge in [-0.25, -0.2) is 0 Å². The van der Waals surface area contributed by atoms with Crippen LogP contribution in [-0.2, 0) is 17.8 Å². The van der Waals surface area contributed by atoms with Gasteiger partial charge in [-0.3, -0.25) is 4.79 Å². The molecular weight excluding hydrogens is 478 g/mol. The molecule has 0 radical (unpaired) electrons.